The average molecular weight is 502 g/mol. The summed E-state index contributed by atoms with van der Waals surface area (Å²) in [4.78, 5) is 31.6. The van der Waals surface area contributed by atoms with Crippen LogP contribution in [0.15, 0.2) is 61.3 Å². The van der Waals surface area contributed by atoms with Gasteiger partial charge in [-0.05, 0) is 55.9 Å². The summed E-state index contributed by atoms with van der Waals surface area (Å²) in [6.07, 6.45) is 3.44. The van der Waals surface area contributed by atoms with Crippen LogP contribution >= 0.6 is 0 Å². The molecule has 0 spiro atoms. The van der Waals surface area contributed by atoms with Gasteiger partial charge < -0.3 is 20.2 Å². The third-order valence-electron chi connectivity index (χ3n) is 6.55. The van der Waals surface area contributed by atoms with E-state index in [0.717, 1.165) is 37.4 Å². The molecule has 0 atom stereocenters. The molecule has 0 unspecified atom stereocenters. The fourth-order valence-electron chi connectivity index (χ4n) is 4.58. The van der Waals surface area contributed by atoms with Gasteiger partial charge in [0.15, 0.2) is 5.82 Å². The Bertz CT molecular complexity index is 1310. The summed E-state index contributed by atoms with van der Waals surface area (Å²) < 4.78 is 0. The van der Waals surface area contributed by atoms with Gasteiger partial charge in [0.2, 0.25) is 5.95 Å². The molecule has 2 aliphatic heterocycles. The number of hydroxylamine groups is 1. The molecule has 37 heavy (non-hydrogen) atoms. The summed E-state index contributed by atoms with van der Waals surface area (Å²) in [5.41, 5.74) is 4.89. The van der Waals surface area contributed by atoms with Crippen molar-refractivity contribution < 1.29 is 14.7 Å². The molecule has 10 heteroatoms. The lowest BCUT2D eigenvalue weighted by atomic mass is 10.1. The van der Waals surface area contributed by atoms with Crippen molar-refractivity contribution in [1.29, 1.82) is 0 Å². The van der Waals surface area contributed by atoms with E-state index < -0.39 is 5.97 Å². The van der Waals surface area contributed by atoms with Crippen molar-refractivity contribution in [3.63, 3.8) is 0 Å². The number of likely N-dealkylation sites (N-methyl/N-ethyl adjacent to an activating group) is 1. The number of carboxylic acid groups (broad SMARTS) is 1. The number of carbonyl (C=O) groups is 1. The van der Waals surface area contributed by atoms with Crippen LogP contribution in [0.4, 0.5) is 28.8 Å². The average Bonchev–Trinajstić information content (AvgIpc) is 2.89. The lowest BCUT2D eigenvalue weighted by Crippen LogP contribution is -2.44. The molecule has 3 aromatic rings. The minimum absolute atomic E-state index is 0.173. The number of benzene rings is 2. The van der Waals surface area contributed by atoms with E-state index in [1.165, 1.54) is 11.3 Å². The molecule has 2 aromatic carbocycles. The number of aryl methyl sites for hydroxylation is 1. The molecule has 0 radical (unpaired) electrons. The first-order valence-corrected chi connectivity index (χ1v) is 12.2. The van der Waals surface area contributed by atoms with E-state index in [0.29, 0.717) is 24.0 Å². The SMILES string of the molecule is C=CCN1OCc2cnc(Nc3ccc(N4CCN(C)CC4)c(C)c3)nc2N1c1cccc(C(=O)O)c1. The van der Waals surface area contributed by atoms with E-state index in [4.69, 9.17) is 9.82 Å². The number of piperazine rings is 1. The van der Waals surface area contributed by atoms with Gasteiger partial charge in [-0.1, -0.05) is 17.3 Å². The van der Waals surface area contributed by atoms with Crippen molar-refractivity contribution in [1.82, 2.24) is 20.0 Å². The Morgan fingerprint density at radius 2 is 2.00 bits per heavy atom. The summed E-state index contributed by atoms with van der Waals surface area (Å²) in [7, 11) is 2.16. The maximum absolute atomic E-state index is 11.6. The number of hydrazine groups is 1. The van der Waals surface area contributed by atoms with Gasteiger partial charge in [-0.2, -0.15) is 4.98 Å². The van der Waals surface area contributed by atoms with E-state index in [1.807, 2.05) is 12.1 Å². The highest BCUT2D eigenvalue weighted by molar-refractivity contribution is 5.89. The van der Waals surface area contributed by atoms with E-state index in [2.05, 4.69) is 52.8 Å². The first-order valence-electron chi connectivity index (χ1n) is 12.2. The fraction of sp³-hybridized carbons (Fsp3) is 0.296. The van der Waals surface area contributed by atoms with Crippen LogP contribution in [-0.2, 0) is 11.4 Å². The van der Waals surface area contributed by atoms with E-state index >= 15 is 0 Å². The topological polar surface area (TPSA) is 97.3 Å². The quantitative estimate of drug-likeness (QED) is 0.463. The molecule has 5 rings (SSSR count). The van der Waals surface area contributed by atoms with Gasteiger partial charge in [0.25, 0.3) is 0 Å². The molecular formula is C27H31N7O3. The van der Waals surface area contributed by atoms with E-state index in [1.54, 1.807) is 40.7 Å². The molecule has 1 fully saturated rings. The number of anilines is 5. The van der Waals surface area contributed by atoms with Crippen LogP contribution in [0.1, 0.15) is 21.5 Å². The van der Waals surface area contributed by atoms with Crippen molar-refractivity contribution in [3.8, 4) is 0 Å². The Kier molecular flexibility index (Phi) is 7.04. The molecule has 1 saturated heterocycles. The Morgan fingerprint density at radius 1 is 1.19 bits per heavy atom. The number of hydrogen-bond acceptors (Lipinski definition) is 9. The second-order valence-corrected chi connectivity index (χ2v) is 9.22. The van der Waals surface area contributed by atoms with Crippen LogP contribution in [0.3, 0.4) is 0 Å². The zero-order valence-corrected chi connectivity index (χ0v) is 21.1. The Labute approximate surface area is 216 Å². The number of hydrogen-bond donors (Lipinski definition) is 2. The number of nitrogens with one attached hydrogen (secondary N) is 1. The second-order valence-electron chi connectivity index (χ2n) is 9.22. The lowest BCUT2D eigenvalue weighted by molar-refractivity contribution is -0.171. The first-order chi connectivity index (χ1) is 17.9. The van der Waals surface area contributed by atoms with Crippen LogP contribution in [0.25, 0.3) is 0 Å². The summed E-state index contributed by atoms with van der Waals surface area (Å²) in [5, 5.41) is 16.2. The minimum atomic E-state index is -1.00. The molecule has 2 N–H and O–H groups in total. The Balaban J connectivity index is 1.43. The van der Waals surface area contributed by atoms with Crippen LogP contribution < -0.4 is 15.2 Å². The van der Waals surface area contributed by atoms with Gasteiger partial charge >= 0.3 is 5.97 Å². The van der Waals surface area contributed by atoms with Crippen molar-refractivity contribution in [2.24, 2.45) is 0 Å². The zero-order chi connectivity index (χ0) is 25.9. The fourth-order valence-corrected chi connectivity index (χ4v) is 4.58. The van der Waals surface area contributed by atoms with E-state index in [9.17, 15) is 9.90 Å². The Morgan fingerprint density at radius 3 is 2.73 bits per heavy atom. The standard InChI is InChI=1S/C27H31N7O3/c1-4-10-33-34(23-7-5-6-20(16-23)26(35)36)25-21(18-37-33)17-28-27(30-25)29-22-8-9-24(19(2)15-22)32-13-11-31(3)12-14-32/h4-9,15-17H,1,10-14,18H2,2-3H3,(H,35,36)(H,28,29,30). The van der Waals surface area contributed by atoms with E-state index in [-0.39, 0.29) is 12.2 Å². The number of nitrogens with zero attached hydrogens (tertiary/aromatic N) is 6. The van der Waals surface area contributed by atoms with Crippen LogP contribution in [-0.4, -0.2) is 70.9 Å². The van der Waals surface area contributed by atoms with Gasteiger partial charge in [-0.25, -0.2) is 14.8 Å². The predicted molar refractivity (Wildman–Crippen MR) is 143 cm³/mol. The third kappa shape index (κ3) is 5.26. The normalized spacial score (nSPS) is 16.4. The number of fused-ring (bicyclic) bond motifs is 1. The molecule has 10 nitrogen and oxygen atoms in total. The minimum Gasteiger partial charge on any atom is -0.478 e. The second kappa shape index (κ2) is 10.6. The highest BCUT2D eigenvalue weighted by atomic mass is 16.7. The van der Waals surface area contributed by atoms with Gasteiger partial charge in [0.1, 0.15) is 6.61 Å². The van der Waals surface area contributed by atoms with Crippen molar-refractivity contribution in [2.75, 3.05) is 55.0 Å². The number of rotatable bonds is 7. The molecule has 3 heterocycles. The number of carboxylic acids is 1. The van der Waals surface area contributed by atoms with Crippen molar-refractivity contribution >= 4 is 34.8 Å². The largest absolute Gasteiger partial charge is 0.478 e. The number of aromatic nitrogens is 2. The van der Waals surface area contributed by atoms with Gasteiger partial charge in [-0.15, -0.1) is 6.58 Å². The molecule has 0 aliphatic carbocycles. The highest BCUT2D eigenvalue weighted by Crippen LogP contribution is 2.35. The molecule has 0 amide bonds. The molecule has 0 saturated carbocycles. The van der Waals surface area contributed by atoms with Crippen molar-refractivity contribution in [2.45, 2.75) is 13.5 Å². The van der Waals surface area contributed by atoms with Gasteiger partial charge in [0.05, 0.1) is 17.8 Å². The summed E-state index contributed by atoms with van der Waals surface area (Å²) in [5.74, 6) is 0.0416. The predicted octanol–water partition coefficient (Wildman–Crippen LogP) is 3.96. The summed E-state index contributed by atoms with van der Waals surface area (Å²) in [6, 6.07) is 13.0. The summed E-state index contributed by atoms with van der Waals surface area (Å²) >= 11 is 0. The monoisotopic (exact) mass is 501 g/mol. The summed E-state index contributed by atoms with van der Waals surface area (Å²) in [6.45, 7) is 10.8. The molecular weight excluding hydrogens is 470 g/mol. The Hall–Kier alpha value is -3.99. The molecule has 1 aromatic heterocycles. The highest BCUT2D eigenvalue weighted by Gasteiger charge is 2.29. The number of aromatic carboxylic acids is 1. The smallest absolute Gasteiger partial charge is 0.335 e. The van der Waals surface area contributed by atoms with Gasteiger partial charge in [-0.3, -0.25) is 4.84 Å². The lowest BCUT2D eigenvalue weighted by Gasteiger charge is -2.38. The third-order valence-corrected chi connectivity index (χ3v) is 6.55. The molecule has 0 bridgehead atoms. The van der Waals surface area contributed by atoms with Crippen LogP contribution in [0.5, 0.6) is 0 Å². The van der Waals surface area contributed by atoms with Crippen LogP contribution in [0, 0.1) is 6.92 Å². The van der Waals surface area contributed by atoms with Gasteiger partial charge in [0, 0.05) is 49.3 Å². The maximum atomic E-state index is 11.6. The van der Waals surface area contributed by atoms with Crippen molar-refractivity contribution in [3.05, 3.63) is 78.0 Å². The zero-order valence-electron chi connectivity index (χ0n) is 21.1. The molecule has 2 aliphatic rings. The maximum Gasteiger partial charge on any atom is 0.335 e. The van der Waals surface area contributed by atoms with Crippen LogP contribution in [0.2, 0.25) is 0 Å². The first kappa shape index (κ1) is 24.7. The molecule has 192 valence electrons.